The van der Waals surface area contributed by atoms with E-state index < -0.39 is 0 Å². The van der Waals surface area contributed by atoms with Crippen molar-refractivity contribution >= 4 is 23.6 Å². The molecule has 0 aliphatic heterocycles. The molecule has 1 heterocycles. The third kappa shape index (κ3) is 8.29. The van der Waals surface area contributed by atoms with Crippen molar-refractivity contribution < 1.29 is 9.21 Å². The molecule has 0 radical (unpaired) electrons. The molecule has 1 rings (SSSR count). The van der Waals surface area contributed by atoms with Crippen LogP contribution in [-0.4, -0.2) is 50.1 Å². The quantitative estimate of drug-likeness (QED) is 0.323. The number of aliphatic imine (C=N–C) groups is 1. The number of guanidine groups is 1. The van der Waals surface area contributed by atoms with Gasteiger partial charge in [-0.2, -0.15) is 11.8 Å². The van der Waals surface area contributed by atoms with Crippen LogP contribution in [0.4, 0.5) is 0 Å². The number of rotatable bonds is 11. The minimum atomic E-state index is -0.166. The number of furan rings is 1. The van der Waals surface area contributed by atoms with Gasteiger partial charge in [-0.05, 0) is 51.2 Å². The zero-order valence-electron chi connectivity index (χ0n) is 15.0. The Morgan fingerprint density at radius 2 is 2.00 bits per heavy atom. The Balaban J connectivity index is 2.21. The predicted molar refractivity (Wildman–Crippen MR) is 102 cm³/mol. The highest BCUT2D eigenvalue weighted by Gasteiger charge is 2.11. The molecule has 0 saturated carbocycles. The molecule has 0 saturated heterocycles. The highest BCUT2D eigenvalue weighted by Crippen LogP contribution is 2.07. The third-order valence-electron chi connectivity index (χ3n) is 3.37. The number of hydrogen-bond donors (Lipinski definition) is 3. The van der Waals surface area contributed by atoms with Crippen molar-refractivity contribution in [2.75, 3.05) is 38.2 Å². The molecule has 0 spiro atoms. The second kappa shape index (κ2) is 12.8. The number of carbonyl (C=O) groups is 1. The standard InChI is InChI=1S/C17H30N4O2S/c1-4-18-17(20-9-5-6-13-24-3)21-11-7-10-19-16(22)15-14(2)8-12-23-15/h8,12H,4-7,9-11,13H2,1-3H3,(H,19,22)(H2,18,20,21). The number of thioether (sulfide) groups is 1. The van der Waals surface area contributed by atoms with E-state index in [9.17, 15) is 4.79 Å². The van der Waals surface area contributed by atoms with Crippen LogP contribution in [0.25, 0.3) is 0 Å². The highest BCUT2D eigenvalue weighted by atomic mass is 32.2. The van der Waals surface area contributed by atoms with E-state index in [4.69, 9.17) is 4.42 Å². The summed E-state index contributed by atoms with van der Waals surface area (Å²) >= 11 is 1.88. The molecule has 0 aliphatic carbocycles. The normalized spacial score (nSPS) is 11.4. The molecule has 24 heavy (non-hydrogen) atoms. The van der Waals surface area contributed by atoms with E-state index in [1.54, 1.807) is 6.07 Å². The monoisotopic (exact) mass is 354 g/mol. The maximum Gasteiger partial charge on any atom is 0.287 e. The average molecular weight is 355 g/mol. The first kappa shape index (κ1) is 20.4. The molecule has 0 atom stereocenters. The number of unbranched alkanes of at least 4 members (excludes halogenated alkanes) is 1. The first-order valence-corrected chi connectivity index (χ1v) is 9.91. The second-order valence-corrected chi connectivity index (χ2v) is 6.42. The third-order valence-corrected chi connectivity index (χ3v) is 4.07. The lowest BCUT2D eigenvalue weighted by Gasteiger charge is -2.11. The molecule has 1 aromatic rings. The maximum atomic E-state index is 11.9. The SMILES string of the molecule is CCNC(=NCCCNC(=O)c1occc1C)NCCCCSC. The Labute approximate surface area is 149 Å². The molecule has 0 fully saturated rings. The molecule has 1 amide bonds. The molecule has 0 bridgehead atoms. The molecule has 0 aliphatic rings. The van der Waals surface area contributed by atoms with Crippen LogP contribution >= 0.6 is 11.8 Å². The fourth-order valence-electron chi connectivity index (χ4n) is 2.08. The molecule has 0 unspecified atom stereocenters. The largest absolute Gasteiger partial charge is 0.459 e. The van der Waals surface area contributed by atoms with Gasteiger partial charge in [0.15, 0.2) is 11.7 Å². The van der Waals surface area contributed by atoms with Gasteiger partial charge in [-0.15, -0.1) is 0 Å². The molecule has 136 valence electrons. The number of hydrogen-bond acceptors (Lipinski definition) is 4. The topological polar surface area (TPSA) is 78.7 Å². The van der Waals surface area contributed by atoms with Gasteiger partial charge in [-0.1, -0.05) is 0 Å². The Kier molecular flexibility index (Phi) is 10.8. The lowest BCUT2D eigenvalue weighted by Crippen LogP contribution is -2.38. The summed E-state index contributed by atoms with van der Waals surface area (Å²) in [5.74, 6) is 2.26. The van der Waals surface area contributed by atoms with Crippen LogP contribution in [-0.2, 0) is 0 Å². The lowest BCUT2D eigenvalue weighted by atomic mass is 10.2. The summed E-state index contributed by atoms with van der Waals surface area (Å²) in [5, 5.41) is 9.42. The van der Waals surface area contributed by atoms with Crippen molar-refractivity contribution in [2.24, 2.45) is 4.99 Å². The number of amides is 1. The highest BCUT2D eigenvalue weighted by molar-refractivity contribution is 7.98. The van der Waals surface area contributed by atoms with Crippen molar-refractivity contribution in [3.05, 3.63) is 23.7 Å². The van der Waals surface area contributed by atoms with E-state index in [-0.39, 0.29) is 5.91 Å². The zero-order chi connectivity index (χ0) is 17.6. The van der Waals surface area contributed by atoms with Crippen molar-refractivity contribution in [2.45, 2.75) is 33.1 Å². The molecule has 6 nitrogen and oxygen atoms in total. The fraction of sp³-hybridized carbons (Fsp3) is 0.647. The Hall–Kier alpha value is -1.63. The predicted octanol–water partition coefficient (Wildman–Crippen LogP) is 2.41. The van der Waals surface area contributed by atoms with Gasteiger partial charge in [0.1, 0.15) is 0 Å². The van der Waals surface area contributed by atoms with E-state index >= 15 is 0 Å². The summed E-state index contributed by atoms with van der Waals surface area (Å²) in [5.41, 5.74) is 0.852. The minimum absolute atomic E-state index is 0.166. The van der Waals surface area contributed by atoms with Crippen molar-refractivity contribution in [3.63, 3.8) is 0 Å². The van der Waals surface area contributed by atoms with Gasteiger partial charge in [0.2, 0.25) is 0 Å². The molecular formula is C17H30N4O2S. The van der Waals surface area contributed by atoms with E-state index in [1.165, 1.54) is 18.4 Å². The van der Waals surface area contributed by atoms with Crippen LogP contribution in [0.2, 0.25) is 0 Å². The minimum Gasteiger partial charge on any atom is -0.459 e. The summed E-state index contributed by atoms with van der Waals surface area (Å²) < 4.78 is 5.16. The summed E-state index contributed by atoms with van der Waals surface area (Å²) in [6.45, 7) is 6.92. The summed E-state index contributed by atoms with van der Waals surface area (Å²) in [7, 11) is 0. The smallest absolute Gasteiger partial charge is 0.287 e. The van der Waals surface area contributed by atoms with Crippen LogP contribution < -0.4 is 16.0 Å². The number of aryl methyl sites for hydroxylation is 1. The van der Waals surface area contributed by atoms with E-state index in [1.807, 2.05) is 18.7 Å². The van der Waals surface area contributed by atoms with E-state index in [0.717, 1.165) is 37.5 Å². The van der Waals surface area contributed by atoms with Crippen LogP contribution in [0.1, 0.15) is 42.3 Å². The Morgan fingerprint density at radius 3 is 2.67 bits per heavy atom. The Bertz CT molecular complexity index is 503. The van der Waals surface area contributed by atoms with Gasteiger partial charge >= 0.3 is 0 Å². The molecular weight excluding hydrogens is 324 g/mol. The van der Waals surface area contributed by atoms with E-state index in [0.29, 0.717) is 18.8 Å². The van der Waals surface area contributed by atoms with Gasteiger partial charge in [0, 0.05) is 31.7 Å². The fourth-order valence-corrected chi connectivity index (χ4v) is 2.57. The zero-order valence-corrected chi connectivity index (χ0v) is 15.8. The van der Waals surface area contributed by atoms with Crippen molar-refractivity contribution in [3.8, 4) is 0 Å². The summed E-state index contributed by atoms with van der Waals surface area (Å²) in [4.78, 5) is 16.4. The first-order chi connectivity index (χ1) is 11.7. The van der Waals surface area contributed by atoms with Gasteiger partial charge < -0.3 is 20.4 Å². The lowest BCUT2D eigenvalue weighted by molar-refractivity contribution is 0.0925. The van der Waals surface area contributed by atoms with Gasteiger partial charge in [-0.3, -0.25) is 9.79 Å². The maximum absolute atomic E-state index is 11.9. The van der Waals surface area contributed by atoms with Crippen LogP contribution in [0.5, 0.6) is 0 Å². The number of nitrogens with zero attached hydrogens (tertiary/aromatic N) is 1. The van der Waals surface area contributed by atoms with Crippen LogP contribution in [0.15, 0.2) is 21.7 Å². The van der Waals surface area contributed by atoms with Crippen molar-refractivity contribution in [1.82, 2.24) is 16.0 Å². The molecule has 1 aromatic heterocycles. The second-order valence-electron chi connectivity index (χ2n) is 5.43. The summed E-state index contributed by atoms with van der Waals surface area (Å²) in [6, 6.07) is 1.78. The van der Waals surface area contributed by atoms with Gasteiger partial charge in [-0.25, -0.2) is 0 Å². The first-order valence-electron chi connectivity index (χ1n) is 8.52. The number of carbonyl (C=O) groups excluding carboxylic acids is 1. The summed E-state index contributed by atoms with van der Waals surface area (Å²) in [6.07, 6.45) is 6.80. The number of nitrogens with one attached hydrogen (secondary N) is 3. The molecule has 3 N–H and O–H groups in total. The molecule has 7 heteroatoms. The van der Waals surface area contributed by atoms with Crippen LogP contribution in [0.3, 0.4) is 0 Å². The van der Waals surface area contributed by atoms with E-state index in [2.05, 4.69) is 34.1 Å². The van der Waals surface area contributed by atoms with Gasteiger partial charge in [0.25, 0.3) is 5.91 Å². The average Bonchev–Trinajstić information content (AvgIpc) is 3.00. The Morgan fingerprint density at radius 1 is 1.21 bits per heavy atom. The van der Waals surface area contributed by atoms with Gasteiger partial charge in [0.05, 0.1) is 6.26 Å². The molecule has 0 aromatic carbocycles. The van der Waals surface area contributed by atoms with Crippen LogP contribution in [0, 0.1) is 6.92 Å². The van der Waals surface area contributed by atoms with Crippen molar-refractivity contribution in [1.29, 1.82) is 0 Å².